The normalized spacial score (nSPS) is 12.6. The van der Waals surface area contributed by atoms with Gasteiger partial charge in [0.2, 0.25) is 29.6 Å². The number of rotatable bonds is 25. The van der Waals surface area contributed by atoms with E-state index < -0.39 is 115 Å². The Balaban J connectivity index is 1.64. The van der Waals surface area contributed by atoms with Crippen LogP contribution in [-0.4, -0.2) is 137 Å². The maximum Gasteiger partial charge on any atom is 0.326 e. The molecule has 0 spiro atoms. The van der Waals surface area contributed by atoms with Crippen LogP contribution in [0.25, 0.3) is 11.2 Å². The van der Waals surface area contributed by atoms with Crippen LogP contribution in [0.4, 0.5) is 11.6 Å². The fraction of sp³-hybridized carbons (Fsp3) is 0.371. The summed E-state index contributed by atoms with van der Waals surface area (Å²) >= 11 is 0. The highest BCUT2D eigenvalue weighted by Gasteiger charge is 2.32. The molecule has 0 bridgehead atoms. The number of aliphatic imine (C=N–C) groups is 1. The van der Waals surface area contributed by atoms with E-state index in [1.807, 2.05) is 5.32 Å². The second-order valence-corrected chi connectivity index (χ2v) is 13.3. The number of benzene rings is 1. The van der Waals surface area contributed by atoms with Gasteiger partial charge in [-0.15, -0.1) is 0 Å². The van der Waals surface area contributed by atoms with E-state index in [-0.39, 0.29) is 54.6 Å². The lowest BCUT2D eigenvalue weighted by molar-refractivity contribution is -0.142. The SMILES string of the molecule is NC(N)=NCCCC(NC(=O)C(CC(=O)O)NC(=O)CCC(NC(=O)c1ccc(NCc2cnc3nc(N)[nH]c(=O)c3n2)cc1)C(=O)O)C(=O)NC(CC(=O)O)C(=O)NCC(=O)O. The van der Waals surface area contributed by atoms with Crippen molar-refractivity contribution in [2.75, 3.05) is 24.1 Å². The van der Waals surface area contributed by atoms with Crippen molar-refractivity contribution >= 4 is 82.2 Å². The molecule has 0 aliphatic rings. The molecular formula is C35H44N14O14. The fourth-order valence-electron chi connectivity index (χ4n) is 5.40. The summed E-state index contributed by atoms with van der Waals surface area (Å²) in [4.78, 5) is 141. The molecule has 1 aromatic carbocycles. The van der Waals surface area contributed by atoms with Crippen molar-refractivity contribution in [3.8, 4) is 0 Å². The molecule has 0 aliphatic carbocycles. The van der Waals surface area contributed by atoms with Gasteiger partial charge in [-0.25, -0.2) is 14.8 Å². The van der Waals surface area contributed by atoms with Crippen LogP contribution in [0, 0.1) is 0 Å². The number of anilines is 2. The number of carboxylic acid groups (broad SMARTS) is 4. The van der Waals surface area contributed by atoms with Gasteiger partial charge in [0, 0.05) is 24.2 Å². The number of H-pyrrole nitrogens is 1. The molecule has 4 unspecified atom stereocenters. The molecule has 2 aromatic heterocycles. The van der Waals surface area contributed by atoms with Gasteiger partial charge in [0.05, 0.1) is 31.3 Å². The van der Waals surface area contributed by atoms with Gasteiger partial charge in [-0.3, -0.25) is 53.1 Å². The van der Waals surface area contributed by atoms with Gasteiger partial charge in [-0.2, -0.15) is 4.98 Å². The Kier molecular flexibility index (Phi) is 18.1. The monoisotopic (exact) mass is 884 g/mol. The molecule has 63 heavy (non-hydrogen) atoms. The number of carbonyl (C=O) groups is 9. The van der Waals surface area contributed by atoms with Crippen molar-refractivity contribution in [3.05, 3.63) is 52.1 Å². The molecule has 0 saturated heterocycles. The molecule has 17 N–H and O–H groups in total. The molecule has 0 radical (unpaired) electrons. The first kappa shape index (κ1) is 48.9. The number of guanidine groups is 1. The first-order valence-electron chi connectivity index (χ1n) is 18.5. The maximum atomic E-state index is 13.3. The number of nitrogens with two attached hydrogens (primary N) is 3. The Morgan fingerprint density at radius 2 is 1.37 bits per heavy atom. The number of hydrogen-bond donors (Lipinski definition) is 14. The Morgan fingerprint density at radius 3 is 1.97 bits per heavy atom. The van der Waals surface area contributed by atoms with Crippen molar-refractivity contribution in [3.63, 3.8) is 0 Å². The van der Waals surface area contributed by atoms with Crippen LogP contribution < -0.4 is 54.7 Å². The molecule has 2 heterocycles. The minimum Gasteiger partial charge on any atom is -0.481 e. The van der Waals surface area contributed by atoms with Gasteiger partial charge in [0.15, 0.2) is 17.1 Å². The number of fused-ring (bicyclic) bond motifs is 1. The smallest absolute Gasteiger partial charge is 0.326 e. The average Bonchev–Trinajstić information content (AvgIpc) is 3.20. The summed E-state index contributed by atoms with van der Waals surface area (Å²) in [5.41, 5.74) is 16.5. The number of hydrogen-bond acceptors (Lipinski definition) is 16. The molecular weight excluding hydrogens is 840 g/mol. The van der Waals surface area contributed by atoms with E-state index in [1.165, 1.54) is 30.5 Å². The van der Waals surface area contributed by atoms with Crippen LogP contribution in [0.5, 0.6) is 0 Å². The van der Waals surface area contributed by atoms with E-state index in [1.54, 1.807) is 0 Å². The summed E-state index contributed by atoms with van der Waals surface area (Å²) in [6.45, 7) is -0.888. The minimum atomic E-state index is -1.87. The lowest BCUT2D eigenvalue weighted by Gasteiger charge is -2.24. The average molecular weight is 885 g/mol. The Labute approximate surface area is 353 Å². The van der Waals surface area contributed by atoms with E-state index >= 15 is 0 Å². The van der Waals surface area contributed by atoms with Gasteiger partial charge < -0.3 is 69.5 Å². The second-order valence-electron chi connectivity index (χ2n) is 13.3. The van der Waals surface area contributed by atoms with Crippen molar-refractivity contribution in [2.45, 2.75) is 69.2 Å². The number of carboxylic acids is 4. The molecule has 0 aliphatic heterocycles. The van der Waals surface area contributed by atoms with E-state index in [9.17, 15) is 63.3 Å². The molecule has 28 heteroatoms. The topological polar surface area (TPSA) is 469 Å². The predicted molar refractivity (Wildman–Crippen MR) is 215 cm³/mol. The van der Waals surface area contributed by atoms with Crippen LogP contribution in [-0.2, 0) is 44.9 Å². The third-order valence-electron chi connectivity index (χ3n) is 8.40. The van der Waals surface area contributed by atoms with Crippen molar-refractivity contribution < 1.29 is 63.6 Å². The fourth-order valence-corrected chi connectivity index (χ4v) is 5.40. The number of nitrogens with one attached hydrogen (secondary N) is 7. The Hall–Kier alpha value is -8.46. The highest BCUT2D eigenvalue weighted by molar-refractivity contribution is 5.98. The van der Waals surface area contributed by atoms with Crippen LogP contribution in [0.3, 0.4) is 0 Å². The summed E-state index contributed by atoms with van der Waals surface area (Å²) < 4.78 is 0. The summed E-state index contributed by atoms with van der Waals surface area (Å²) in [6, 6.07) is -1.21. The number of aliphatic carboxylic acids is 4. The van der Waals surface area contributed by atoms with Gasteiger partial charge in [-0.05, 0) is 43.5 Å². The van der Waals surface area contributed by atoms with Crippen LogP contribution in [0.2, 0.25) is 0 Å². The lowest BCUT2D eigenvalue weighted by atomic mass is 10.1. The molecule has 28 nitrogen and oxygen atoms in total. The third kappa shape index (κ3) is 16.6. The number of amides is 5. The first-order chi connectivity index (χ1) is 29.7. The quantitative estimate of drug-likeness (QED) is 0.0217. The maximum absolute atomic E-state index is 13.3. The van der Waals surface area contributed by atoms with Crippen LogP contribution in [0.1, 0.15) is 54.6 Å². The minimum absolute atomic E-state index is 0.00866. The Morgan fingerprint density at radius 1 is 0.746 bits per heavy atom. The summed E-state index contributed by atoms with van der Waals surface area (Å²) in [5.74, 6) is -12.0. The zero-order valence-electron chi connectivity index (χ0n) is 33.0. The molecule has 5 amide bonds. The number of aromatic nitrogens is 4. The van der Waals surface area contributed by atoms with Crippen LogP contribution >= 0.6 is 0 Å². The lowest BCUT2D eigenvalue weighted by Crippen LogP contribution is -2.57. The van der Waals surface area contributed by atoms with Gasteiger partial charge >= 0.3 is 23.9 Å². The van der Waals surface area contributed by atoms with Crippen molar-refractivity contribution in [1.82, 2.24) is 46.5 Å². The first-order valence-corrected chi connectivity index (χ1v) is 18.5. The summed E-state index contributed by atoms with van der Waals surface area (Å²) in [6.07, 6.45) is -2.13. The number of nitrogen functional groups attached to an aromatic ring is 1. The summed E-state index contributed by atoms with van der Waals surface area (Å²) in [7, 11) is 0. The highest BCUT2D eigenvalue weighted by Crippen LogP contribution is 2.13. The van der Waals surface area contributed by atoms with E-state index in [2.05, 4.69) is 51.5 Å². The van der Waals surface area contributed by atoms with E-state index in [4.69, 9.17) is 22.3 Å². The van der Waals surface area contributed by atoms with Gasteiger partial charge in [0.25, 0.3) is 11.5 Å². The number of nitrogens with zero attached hydrogens (tertiary/aromatic N) is 4. The zero-order valence-corrected chi connectivity index (χ0v) is 33.0. The van der Waals surface area contributed by atoms with Crippen molar-refractivity contribution in [2.24, 2.45) is 16.5 Å². The second kappa shape index (κ2) is 23.4. The van der Waals surface area contributed by atoms with E-state index in [0.29, 0.717) is 11.4 Å². The van der Waals surface area contributed by atoms with Gasteiger partial charge in [0.1, 0.15) is 30.7 Å². The molecule has 4 atom stereocenters. The van der Waals surface area contributed by atoms with E-state index in [0.717, 1.165) is 0 Å². The molecule has 338 valence electrons. The van der Waals surface area contributed by atoms with Crippen molar-refractivity contribution in [1.29, 1.82) is 0 Å². The Bertz CT molecular complexity index is 2300. The van der Waals surface area contributed by atoms with Crippen LogP contribution in [0.15, 0.2) is 40.2 Å². The molecule has 0 fully saturated rings. The molecule has 0 saturated carbocycles. The predicted octanol–water partition coefficient (Wildman–Crippen LogP) is -4.47. The summed E-state index contributed by atoms with van der Waals surface area (Å²) in [5, 5.41) is 51.0. The standard InChI is InChI=1S/C35H44N14O14/c36-34(37)39-9-1-2-18(30(59)47-20(10-23(51)52)29(58)42-14-25(55)56)45-31(60)21(11-24(53)54)44-22(50)8-7-19(33(62)63)46-28(57)15-3-5-16(6-4-15)40-12-17-13-41-27-26(43-17)32(61)49-35(38)48-27/h3-6,13,18-21,40H,1-2,7-12,14H2,(H,42,58)(H,44,50)(H,45,60)(H,46,57)(H,47,59)(H,51,52)(H,53,54)(H,55,56)(H,62,63)(H4,36,37,39)(H3,38,41,48,49,61). The number of aromatic amines is 1. The zero-order chi connectivity index (χ0) is 46.8. The number of carbonyl (C=O) groups excluding carboxylic acids is 5. The molecule has 3 aromatic rings. The highest BCUT2D eigenvalue weighted by atomic mass is 16.4. The largest absolute Gasteiger partial charge is 0.481 e. The molecule has 3 rings (SSSR count). The van der Waals surface area contributed by atoms with Gasteiger partial charge in [-0.1, -0.05) is 0 Å². The third-order valence-corrected chi connectivity index (χ3v) is 8.40.